The maximum Gasteiger partial charge on any atom is 0.244 e. The van der Waals surface area contributed by atoms with Crippen molar-refractivity contribution in [3.8, 4) is 0 Å². The van der Waals surface area contributed by atoms with Crippen molar-refractivity contribution in [2.24, 2.45) is 0 Å². The number of carbonyl (C=O) groups excluding carboxylic acids is 2. The molecule has 1 N–H and O–H groups in total. The lowest BCUT2D eigenvalue weighted by Gasteiger charge is -2.31. The van der Waals surface area contributed by atoms with Crippen molar-refractivity contribution in [3.05, 3.63) is 64.9 Å². The van der Waals surface area contributed by atoms with Crippen molar-refractivity contribution in [2.75, 3.05) is 24.2 Å². The minimum absolute atomic E-state index is 0.00587. The topological polar surface area (TPSA) is 86.8 Å². The maximum atomic E-state index is 13.2. The van der Waals surface area contributed by atoms with E-state index in [4.69, 9.17) is 11.6 Å². The molecule has 1 unspecified atom stereocenters. The minimum Gasteiger partial charge on any atom is -0.357 e. The van der Waals surface area contributed by atoms with Gasteiger partial charge in [-0.25, -0.2) is 12.8 Å². The molecule has 2 rings (SSSR count). The standard InChI is InChI=1S/C20H23ClFN3O4S/c1-14(20(27)23-2)24(12-15-4-8-17(22)9-5-15)19(26)13-25(30(3,28)29)18-10-6-16(21)7-11-18/h4-11,14H,12-13H2,1-3H3,(H,23,27). The van der Waals surface area contributed by atoms with Crippen LogP contribution in [0.15, 0.2) is 48.5 Å². The number of rotatable bonds is 8. The Bertz CT molecular complexity index is 998. The van der Waals surface area contributed by atoms with Crippen LogP contribution in [0.5, 0.6) is 0 Å². The zero-order valence-corrected chi connectivity index (χ0v) is 18.4. The summed E-state index contributed by atoms with van der Waals surface area (Å²) in [6.45, 7) is 1.03. The molecule has 1 atom stereocenters. The fraction of sp³-hybridized carbons (Fsp3) is 0.300. The third-order valence-electron chi connectivity index (χ3n) is 4.47. The SMILES string of the molecule is CNC(=O)C(C)N(Cc1ccc(F)cc1)C(=O)CN(c1ccc(Cl)cc1)S(C)(=O)=O. The van der Waals surface area contributed by atoms with Crippen LogP contribution < -0.4 is 9.62 Å². The lowest BCUT2D eigenvalue weighted by atomic mass is 10.1. The molecule has 0 bridgehead atoms. The first-order chi connectivity index (χ1) is 14.0. The van der Waals surface area contributed by atoms with Gasteiger partial charge in [0.05, 0.1) is 11.9 Å². The molecule has 0 spiro atoms. The fourth-order valence-corrected chi connectivity index (χ4v) is 3.77. The summed E-state index contributed by atoms with van der Waals surface area (Å²) in [6, 6.07) is 10.6. The highest BCUT2D eigenvalue weighted by Gasteiger charge is 2.29. The Kier molecular flexibility index (Phi) is 7.80. The highest BCUT2D eigenvalue weighted by molar-refractivity contribution is 7.92. The highest BCUT2D eigenvalue weighted by Crippen LogP contribution is 2.21. The molecule has 0 aliphatic heterocycles. The molecule has 0 radical (unpaired) electrons. The van der Waals surface area contributed by atoms with E-state index in [-0.39, 0.29) is 12.2 Å². The summed E-state index contributed by atoms with van der Waals surface area (Å²) < 4.78 is 38.8. The summed E-state index contributed by atoms with van der Waals surface area (Å²) in [5, 5.41) is 2.90. The largest absolute Gasteiger partial charge is 0.357 e. The van der Waals surface area contributed by atoms with Gasteiger partial charge in [0.1, 0.15) is 18.4 Å². The second kappa shape index (κ2) is 9.90. The molecule has 7 nitrogen and oxygen atoms in total. The van der Waals surface area contributed by atoms with Crippen LogP contribution in [0.4, 0.5) is 10.1 Å². The number of amides is 2. The summed E-state index contributed by atoms with van der Waals surface area (Å²) in [5.41, 5.74) is 0.863. The summed E-state index contributed by atoms with van der Waals surface area (Å²) in [7, 11) is -2.36. The number of benzene rings is 2. The maximum absolute atomic E-state index is 13.2. The monoisotopic (exact) mass is 455 g/mol. The van der Waals surface area contributed by atoms with E-state index >= 15 is 0 Å². The second-order valence-electron chi connectivity index (χ2n) is 6.68. The fourth-order valence-electron chi connectivity index (χ4n) is 2.80. The molecule has 0 aromatic heterocycles. The van der Waals surface area contributed by atoms with Crippen molar-refractivity contribution in [1.29, 1.82) is 0 Å². The van der Waals surface area contributed by atoms with Gasteiger partial charge in [-0.05, 0) is 48.9 Å². The highest BCUT2D eigenvalue weighted by atomic mass is 35.5. The molecule has 0 aliphatic carbocycles. The van der Waals surface area contributed by atoms with Gasteiger partial charge in [-0.2, -0.15) is 0 Å². The number of halogens is 2. The van der Waals surface area contributed by atoms with Crippen LogP contribution in [0.3, 0.4) is 0 Å². The number of anilines is 1. The van der Waals surface area contributed by atoms with Gasteiger partial charge in [-0.3, -0.25) is 13.9 Å². The normalized spacial score (nSPS) is 12.2. The molecule has 0 saturated heterocycles. The van der Waals surface area contributed by atoms with E-state index < -0.39 is 40.2 Å². The van der Waals surface area contributed by atoms with E-state index in [1.807, 2.05) is 0 Å². The van der Waals surface area contributed by atoms with Gasteiger partial charge < -0.3 is 10.2 Å². The van der Waals surface area contributed by atoms with Crippen LogP contribution in [0.1, 0.15) is 12.5 Å². The van der Waals surface area contributed by atoms with Gasteiger partial charge in [0.15, 0.2) is 0 Å². The molecular weight excluding hydrogens is 433 g/mol. The lowest BCUT2D eigenvalue weighted by molar-refractivity contribution is -0.139. The first kappa shape index (κ1) is 23.6. The number of likely N-dealkylation sites (N-methyl/N-ethyl adjacent to an activating group) is 1. The van der Waals surface area contributed by atoms with Crippen LogP contribution >= 0.6 is 11.6 Å². The molecule has 2 aromatic rings. The molecule has 0 saturated carbocycles. The quantitative estimate of drug-likeness (QED) is 0.662. The smallest absolute Gasteiger partial charge is 0.244 e. The molecule has 0 fully saturated rings. The van der Waals surface area contributed by atoms with Gasteiger partial charge in [-0.15, -0.1) is 0 Å². The number of hydrogen-bond acceptors (Lipinski definition) is 4. The van der Waals surface area contributed by atoms with E-state index in [2.05, 4.69) is 5.32 Å². The van der Waals surface area contributed by atoms with E-state index in [1.54, 1.807) is 0 Å². The van der Waals surface area contributed by atoms with Gasteiger partial charge in [-0.1, -0.05) is 23.7 Å². The van der Waals surface area contributed by atoms with Crippen molar-refractivity contribution in [3.63, 3.8) is 0 Å². The average Bonchev–Trinajstić information content (AvgIpc) is 2.70. The number of carbonyl (C=O) groups is 2. The Morgan fingerprint density at radius 2 is 1.67 bits per heavy atom. The molecule has 0 heterocycles. The Labute approximate surface area is 180 Å². The van der Waals surface area contributed by atoms with E-state index in [0.29, 0.717) is 10.6 Å². The number of hydrogen-bond donors (Lipinski definition) is 1. The van der Waals surface area contributed by atoms with Crippen LogP contribution in [0.25, 0.3) is 0 Å². The summed E-state index contributed by atoms with van der Waals surface area (Å²) in [5.74, 6) is -1.43. The van der Waals surface area contributed by atoms with Gasteiger partial charge in [0, 0.05) is 18.6 Å². The molecule has 162 valence electrons. The summed E-state index contributed by atoms with van der Waals surface area (Å²) >= 11 is 5.87. The first-order valence-electron chi connectivity index (χ1n) is 9.01. The first-order valence-corrected chi connectivity index (χ1v) is 11.2. The lowest BCUT2D eigenvalue weighted by Crippen LogP contribution is -2.50. The summed E-state index contributed by atoms with van der Waals surface area (Å²) in [4.78, 5) is 26.5. The average molecular weight is 456 g/mol. The Balaban J connectivity index is 2.35. The third-order valence-corrected chi connectivity index (χ3v) is 5.87. The van der Waals surface area contributed by atoms with Crippen LogP contribution in [-0.4, -0.2) is 51.0 Å². The van der Waals surface area contributed by atoms with Crippen molar-refractivity contribution in [2.45, 2.75) is 19.5 Å². The molecular formula is C20H23ClFN3O4S. The Morgan fingerprint density at radius 1 is 1.10 bits per heavy atom. The predicted molar refractivity (Wildman–Crippen MR) is 114 cm³/mol. The van der Waals surface area contributed by atoms with Crippen molar-refractivity contribution >= 4 is 39.1 Å². The second-order valence-corrected chi connectivity index (χ2v) is 9.03. The zero-order chi connectivity index (χ0) is 22.5. The predicted octanol–water partition coefficient (Wildman–Crippen LogP) is 2.41. The van der Waals surface area contributed by atoms with E-state index in [9.17, 15) is 22.4 Å². The zero-order valence-electron chi connectivity index (χ0n) is 16.8. The van der Waals surface area contributed by atoms with Crippen LogP contribution in [-0.2, 0) is 26.2 Å². The third kappa shape index (κ3) is 6.17. The minimum atomic E-state index is -3.80. The van der Waals surface area contributed by atoms with Gasteiger partial charge >= 0.3 is 0 Å². The molecule has 10 heteroatoms. The number of nitrogens with zero attached hydrogens (tertiary/aromatic N) is 2. The van der Waals surface area contributed by atoms with Gasteiger partial charge in [0.2, 0.25) is 21.8 Å². The molecule has 30 heavy (non-hydrogen) atoms. The Morgan fingerprint density at radius 3 is 2.17 bits per heavy atom. The number of nitrogens with one attached hydrogen (secondary N) is 1. The van der Waals surface area contributed by atoms with Gasteiger partial charge in [0.25, 0.3) is 0 Å². The summed E-state index contributed by atoms with van der Waals surface area (Å²) in [6.07, 6.45) is 0.987. The molecule has 0 aliphatic rings. The van der Waals surface area contributed by atoms with E-state index in [0.717, 1.165) is 10.6 Å². The Hall–Kier alpha value is -2.65. The van der Waals surface area contributed by atoms with Crippen molar-refractivity contribution < 1.29 is 22.4 Å². The van der Waals surface area contributed by atoms with Crippen LogP contribution in [0, 0.1) is 5.82 Å². The van der Waals surface area contributed by atoms with Crippen molar-refractivity contribution in [1.82, 2.24) is 10.2 Å². The molecule has 2 aromatic carbocycles. The number of sulfonamides is 1. The molecule has 2 amide bonds. The van der Waals surface area contributed by atoms with Crippen LogP contribution in [0.2, 0.25) is 5.02 Å². The van der Waals surface area contributed by atoms with E-state index in [1.165, 1.54) is 67.4 Å².